The predicted octanol–water partition coefficient (Wildman–Crippen LogP) is 2.82. The molecule has 6 heteroatoms. The third-order valence-corrected chi connectivity index (χ3v) is 4.90. The Morgan fingerprint density at radius 3 is 2.58 bits per heavy atom. The molecule has 2 N–H and O–H groups in total. The average molecular weight is 356 g/mol. The number of esters is 1. The molecule has 0 unspecified atom stereocenters. The van der Waals surface area contributed by atoms with Crippen LogP contribution in [0.2, 0.25) is 0 Å². The second-order valence-electron chi connectivity index (χ2n) is 6.76. The smallest absolute Gasteiger partial charge is 0.355 e. The fourth-order valence-electron chi connectivity index (χ4n) is 3.65. The Bertz CT molecular complexity index is 853. The summed E-state index contributed by atoms with van der Waals surface area (Å²) in [5.41, 5.74) is 4.33. The number of aliphatic hydroxyl groups excluding tert-OH is 1. The van der Waals surface area contributed by atoms with Crippen LogP contribution in [0.4, 0.5) is 5.69 Å². The van der Waals surface area contributed by atoms with Crippen LogP contribution in [0.15, 0.2) is 24.3 Å². The third-order valence-electron chi connectivity index (χ3n) is 4.90. The van der Waals surface area contributed by atoms with E-state index in [4.69, 9.17) is 4.74 Å². The van der Waals surface area contributed by atoms with E-state index >= 15 is 0 Å². The van der Waals surface area contributed by atoms with Gasteiger partial charge in [0.05, 0.1) is 6.10 Å². The molecule has 0 bridgehead atoms. The SMILES string of the molecule is Cc1[nH]c(C(=O)O[C@H](C)C(=O)N2CCc3ccccc32)c(C)c1[C@H](C)O. The lowest BCUT2D eigenvalue weighted by Crippen LogP contribution is -2.39. The molecule has 0 spiro atoms. The molecule has 2 heterocycles. The van der Waals surface area contributed by atoms with E-state index in [1.807, 2.05) is 24.3 Å². The lowest BCUT2D eigenvalue weighted by Gasteiger charge is -2.21. The molecule has 1 aromatic heterocycles. The molecule has 1 amide bonds. The number of carbonyl (C=O) groups excluding carboxylic acids is 2. The van der Waals surface area contributed by atoms with E-state index in [9.17, 15) is 14.7 Å². The van der Waals surface area contributed by atoms with Crippen molar-refractivity contribution in [1.82, 2.24) is 4.98 Å². The number of H-pyrrole nitrogens is 1. The highest BCUT2D eigenvalue weighted by atomic mass is 16.5. The van der Waals surface area contributed by atoms with Gasteiger partial charge in [-0.2, -0.15) is 0 Å². The van der Waals surface area contributed by atoms with Gasteiger partial charge in [0.2, 0.25) is 0 Å². The summed E-state index contributed by atoms with van der Waals surface area (Å²) in [6, 6.07) is 7.75. The van der Waals surface area contributed by atoms with Gasteiger partial charge in [-0.3, -0.25) is 4.79 Å². The van der Waals surface area contributed by atoms with Crippen LogP contribution >= 0.6 is 0 Å². The van der Waals surface area contributed by atoms with Crippen LogP contribution in [0.1, 0.15) is 52.8 Å². The lowest BCUT2D eigenvalue weighted by atomic mass is 10.1. The summed E-state index contributed by atoms with van der Waals surface area (Å²) in [5, 5.41) is 9.85. The van der Waals surface area contributed by atoms with E-state index < -0.39 is 18.2 Å². The standard InChI is InChI=1S/C20H24N2O4/c1-11-17(13(3)23)12(2)21-18(11)20(25)26-14(4)19(24)22-10-9-15-7-5-6-8-16(15)22/h5-8,13-14,21,23H,9-10H2,1-4H3/t13-,14+/m0/s1. The Kier molecular flexibility index (Phi) is 4.87. The molecule has 6 nitrogen and oxygen atoms in total. The molecular formula is C20H24N2O4. The fraction of sp³-hybridized carbons (Fsp3) is 0.400. The molecular weight excluding hydrogens is 332 g/mol. The summed E-state index contributed by atoms with van der Waals surface area (Å²) in [4.78, 5) is 29.9. The normalized spacial score (nSPS) is 15.5. The van der Waals surface area contributed by atoms with E-state index in [0.717, 1.165) is 23.4 Å². The summed E-state index contributed by atoms with van der Waals surface area (Å²) in [6.07, 6.45) is -0.783. The van der Waals surface area contributed by atoms with Gasteiger partial charge in [-0.25, -0.2) is 4.79 Å². The largest absolute Gasteiger partial charge is 0.448 e. The van der Waals surface area contributed by atoms with Crippen molar-refractivity contribution in [3.05, 3.63) is 52.3 Å². The minimum atomic E-state index is -0.897. The highest BCUT2D eigenvalue weighted by molar-refractivity contribution is 6.00. The number of ether oxygens (including phenoxy) is 1. The van der Waals surface area contributed by atoms with Gasteiger partial charge in [0.25, 0.3) is 5.91 Å². The van der Waals surface area contributed by atoms with Gasteiger partial charge in [-0.1, -0.05) is 18.2 Å². The van der Waals surface area contributed by atoms with Crippen molar-refractivity contribution in [1.29, 1.82) is 0 Å². The molecule has 0 saturated heterocycles. The Hall–Kier alpha value is -2.60. The van der Waals surface area contributed by atoms with E-state index in [0.29, 0.717) is 17.7 Å². The number of nitrogens with one attached hydrogen (secondary N) is 1. The van der Waals surface area contributed by atoms with Crippen LogP contribution in [-0.2, 0) is 16.0 Å². The van der Waals surface area contributed by atoms with Gasteiger partial charge in [0, 0.05) is 23.5 Å². The van der Waals surface area contributed by atoms with Crippen molar-refractivity contribution < 1.29 is 19.4 Å². The molecule has 3 rings (SSSR count). The third kappa shape index (κ3) is 3.12. The predicted molar refractivity (Wildman–Crippen MR) is 98.3 cm³/mol. The van der Waals surface area contributed by atoms with Gasteiger partial charge in [-0.15, -0.1) is 0 Å². The summed E-state index contributed by atoms with van der Waals surface area (Å²) in [7, 11) is 0. The average Bonchev–Trinajstić information content (AvgIpc) is 3.14. The number of hydrogen-bond donors (Lipinski definition) is 2. The Morgan fingerprint density at radius 1 is 1.23 bits per heavy atom. The number of hydrogen-bond acceptors (Lipinski definition) is 4. The molecule has 1 aromatic carbocycles. The van der Waals surface area contributed by atoms with Crippen molar-refractivity contribution in [2.24, 2.45) is 0 Å². The van der Waals surface area contributed by atoms with Crippen LogP contribution in [-0.4, -0.2) is 34.6 Å². The maximum Gasteiger partial charge on any atom is 0.355 e. The first kappa shape index (κ1) is 18.2. The van der Waals surface area contributed by atoms with E-state index in [-0.39, 0.29) is 11.6 Å². The van der Waals surface area contributed by atoms with Crippen molar-refractivity contribution in [2.75, 3.05) is 11.4 Å². The lowest BCUT2D eigenvalue weighted by molar-refractivity contribution is -0.126. The minimum Gasteiger partial charge on any atom is -0.448 e. The zero-order valence-corrected chi connectivity index (χ0v) is 15.5. The van der Waals surface area contributed by atoms with Gasteiger partial charge < -0.3 is 19.7 Å². The number of aliphatic hydroxyl groups is 1. The first-order valence-corrected chi connectivity index (χ1v) is 8.78. The van der Waals surface area contributed by atoms with Gasteiger partial charge in [0.1, 0.15) is 5.69 Å². The maximum atomic E-state index is 12.7. The Balaban J connectivity index is 1.74. The summed E-state index contributed by atoms with van der Waals surface area (Å²) >= 11 is 0. The fourth-order valence-corrected chi connectivity index (χ4v) is 3.65. The summed E-state index contributed by atoms with van der Waals surface area (Å²) in [5.74, 6) is -0.828. The number of aromatic nitrogens is 1. The van der Waals surface area contributed by atoms with Gasteiger partial charge in [0.15, 0.2) is 6.10 Å². The molecule has 0 radical (unpaired) electrons. The second kappa shape index (κ2) is 6.96. The number of aromatic amines is 1. The number of para-hydroxylation sites is 1. The van der Waals surface area contributed by atoms with Crippen LogP contribution in [0.25, 0.3) is 0 Å². The van der Waals surface area contributed by atoms with E-state index in [1.54, 1.807) is 32.6 Å². The molecule has 2 aromatic rings. The van der Waals surface area contributed by atoms with E-state index in [2.05, 4.69) is 4.98 Å². The number of nitrogens with zero attached hydrogens (tertiary/aromatic N) is 1. The van der Waals surface area contributed by atoms with Crippen LogP contribution in [0.3, 0.4) is 0 Å². The van der Waals surface area contributed by atoms with Crippen molar-refractivity contribution in [2.45, 2.75) is 46.3 Å². The molecule has 0 fully saturated rings. The molecule has 26 heavy (non-hydrogen) atoms. The van der Waals surface area contributed by atoms with Crippen LogP contribution in [0.5, 0.6) is 0 Å². The van der Waals surface area contributed by atoms with Crippen LogP contribution in [0, 0.1) is 13.8 Å². The number of amides is 1. The summed E-state index contributed by atoms with van der Waals surface area (Å²) < 4.78 is 5.41. The number of anilines is 1. The maximum absolute atomic E-state index is 12.7. The molecule has 2 atom stereocenters. The topological polar surface area (TPSA) is 82.6 Å². The van der Waals surface area contributed by atoms with Gasteiger partial charge in [-0.05, 0) is 51.3 Å². The molecule has 0 saturated carbocycles. The monoisotopic (exact) mass is 356 g/mol. The molecule has 0 aliphatic carbocycles. The number of aryl methyl sites for hydroxylation is 1. The van der Waals surface area contributed by atoms with Crippen molar-refractivity contribution in [3.63, 3.8) is 0 Å². The number of benzene rings is 1. The number of rotatable bonds is 4. The number of fused-ring (bicyclic) bond motifs is 1. The van der Waals surface area contributed by atoms with Crippen LogP contribution < -0.4 is 4.90 Å². The second-order valence-corrected chi connectivity index (χ2v) is 6.76. The zero-order chi connectivity index (χ0) is 19.0. The van der Waals surface area contributed by atoms with Crippen molar-refractivity contribution in [3.8, 4) is 0 Å². The molecule has 1 aliphatic heterocycles. The number of carbonyl (C=O) groups is 2. The quantitative estimate of drug-likeness (QED) is 0.825. The van der Waals surface area contributed by atoms with Gasteiger partial charge >= 0.3 is 5.97 Å². The zero-order valence-electron chi connectivity index (χ0n) is 15.5. The highest BCUT2D eigenvalue weighted by Gasteiger charge is 2.31. The summed E-state index contributed by atoms with van der Waals surface area (Å²) in [6.45, 7) is 7.37. The Morgan fingerprint density at radius 2 is 1.92 bits per heavy atom. The highest BCUT2D eigenvalue weighted by Crippen LogP contribution is 2.29. The molecule has 1 aliphatic rings. The molecule has 138 valence electrons. The first-order valence-electron chi connectivity index (χ1n) is 8.78. The van der Waals surface area contributed by atoms with Crippen molar-refractivity contribution >= 4 is 17.6 Å². The first-order chi connectivity index (χ1) is 12.3. The van der Waals surface area contributed by atoms with E-state index in [1.165, 1.54) is 0 Å². The minimum absolute atomic E-state index is 0.236. The Labute approximate surface area is 152 Å².